The fourth-order valence-electron chi connectivity index (χ4n) is 4.54. The zero-order valence-electron chi connectivity index (χ0n) is 20.6. The van der Waals surface area contributed by atoms with E-state index in [-0.39, 0.29) is 23.4 Å². The topological polar surface area (TPSA) is 120 Å². The largest absolute Gasteiger partial charge is 0.495 e. The second kappa shape index (κ2) is 10.6. The van der Waals surface area contributed by atoms with E-state index < -0.39 is 4.92 Å². The molecule has 0 unspecified atom stereocenters. The van der Waals surface area contributed by atoms with Crippen LogP contribution in [-0.2, 0) is 11.3 Å². The van der Waals surface area contributed by atoms with Crippen molar-refractivity contribution < 1.29 is 19.2 Å². The summed E-state index contributed by atoms with van der Waals surface area (Å²) in [6, 6.07) is 14.5. The molecule has 1 fully saturated rings. The molecule has 1 aromatic heterocycles. The molecule has 1 saturated heterocycles. The number of hydrogen-bond acceptors (Lipinski definition) is 6. The monoisotopic (exact) mass is 491 g/mol. The maximum absolute atomic E-state index is 13.0. The summed E-state index contributed by atoms with van der Waals surface area (Å²) in [6.45, 7) is 4.67. The van der Waals surface area contributed by atoms with Gasteiger partial charge >= 0.3 is 5.69 Å². The molecule has 10 nitrogen and oxygen atoms in total. The number of aromatic nitrogens is 2. The molecule has 1 N–H and O–H groups in total. The molecule has 188 valence electrons. The molecular formula is C26H29N5O5. The number of likely N-dealkylation sites (tertiary alicyclic amines) is 1. The van der Waals surface area contributed by atoms with Gasteiger partial charge in [-0.1, -0.05) is 24.3 Å². The number of rotatable bonds is 7. The third kappa shape index (κ3) is 5.22. The van der Waals surface area contributed by atoms with Crippen molar-refractivity contribution in [3.8, 4) is 5.75 Å². The first-order chi connectivity index (χ1) is 17.3. The van der Waals surface area contributed by atoms with Crippen molar-refractivity contribution in [3.05, 3.63) is 81.2 Å². The Balaban J connectivity index is 1.33. The second-order valence-electron chi connectivity index (χ2n) is 8.89. The number of amides is 2. The van der Waals surface area contributed by atoms with Gasteiger partial charge in [-0.2, -0.15) is 5.10 Å². The molecule has 0 radical (unpaired) electrons. The maximum atomic E-state index is 13.0. The normalized spacial score (nSPS) is 13.9. The summed E-state index contributed by atoms with van der Waals surface area (Å²) < 4.78 is 6.90. The van der Waals surface area contributed by atoms with Gasteiger partial charge in [0.05, 0.1) is 24.3 Å². The zero-order valence-corrected chi connectivity index (χ0v) is 20.6. The highest BCUT2D eigenvalue weighted by molar-refractivity contribution is 5.96. The summed E-state index contributed by atoms with van der Waals surface area (Å²) >= 11 is 0. The molecule has 1 aliphatic rings. The lowest BCUT2D eigenvalue weighted by Crippen LogP contribution is -2.41. The Labute approximate surface area is 209 Å². The van der Waals surface area contributed by atoms with Crippen molar-refractivity contribution in [2.24, 2.45) is 5.92 Å². The highest BCUT2D eigenvalue weighted by Crippen LogP contribution is 2.26. The van der Waals surface area contributed by atoms with E-state index in [1.54, 1.807) is 54.8 Å². The molecule has 0 atom stereocenters. The van der Waals surface area contributed by atoms with E-state index >= 15 is 0 Å². The van der Waals surface area contributed by atoms with Crippen LogP contribution in [0.4, 0.5) is 11.4 Å². The predicted octanol–water partition coefficient (Wildman–Crippen LogP) is 3.96. The van der Waals surface area contributed by atoms with E-state index in [0.29, 0.717) is 60.9 Å². The van der Waals surface area contributed by atoms with Gasteiger partial charge in [-0.15, -0.1) is 0 Å². The summed E-state index contributed by atoms with van der Waals surface area (Å²) in [5.74, 6) is 0.288. The van der Waals surface area contributed by atoms with Crippen LogP contribution >= 0.6 is 0 Å². The Kier molecular flexibility index (Phi) is 7.33. The summed E-state index contributed by atoms with van der Waals surface area (Å²) in [5, 5.41) is 18.4. The summed E-state index contributed by atoms with van der Waals surface area (Å²) in [5.41, 5.74) is 2.99. The van der Waals surface area contributed by atoms with Crippen LogP contribution in [0.5, 0.6) is 5.75 Å². The minimum Gasteiger partial charge on any atom is -0.495 e. The number of anilines is 1. The first-order valence-corrected chi connectivity index (χ1v) is 11.8. The molecule has 1 aliphatic heterocycles. The third-order valence-corrected chi connectivity index (χ3v) is 6.58. The number of aryl methyl sites for hydroxylation is 1. The lowest BCUT2D eigenvalue weighted by Gasteiger charge is -2.31. The molecule has 0 saturated carbocycles. The molecule has 2 heterocycles. The van der Waals surface area contributed by atoms with Crippen molar-refractivity contribution in [2.75, 3.05) is 25.5 Å². The van der Waals surface area contributed by atoms with E-state index in [0.717, 1.165) is 5.56 Å². The Hall–Kier alpha value is -4.21. The number of carbonyl (C=O) groups is 2. The minimum absolute atomic E-state index is 0.0294. The Bertz CT molecular complexity index is 1280. The number of methoxy groups -OCH3 is 1. The quantitative estimate of drug-likeness (QED) is 0.395. The van der Waals surface area contributed by atoms with E-state index in [2.05, 4.69) is 10.4 Å². The van der Waals surface area contributed by atoms with Gasteiger partial charge in [-0.3, -0.25) is 24.4 Å². The highest BCUT2D eigenvalue weighted by atomic mass is 16.6. The van der Waals surface area contributed by atoms with Crippen molar-refractivity contribution in [2.45, 2.75) is 33.2 Å². The molecule has 2 amide bonds. The van der Waals surface area contributed by atoms with Gasteiger partial charge < -0.3 is 15.0 Å². The van der Waals surface area contributed by atoms with Gasteiger partial charge in [0.1, 0.15) is 17.1 Å². The highest BCUT2D eigenvalue weighted by Gasteiger charge is 2.28. The van der Waals surface area contributed by atoms with Gasteiger partial charge in [0.25, 0.3) is 5.91 Å². The number of nitrogens with one attached hydrogen (secondary N) is 1. The standard InChI is InChI=1S/C26H29N5O5/c1-17-24(31(34)35)18(2)30(28-17)16-19-8-10-21(11-9-19)26(33)29-14-12-20(13-15-29)25(32)27-22-6-4-5-7-23(22)36-3/h4-11,20H,12-16H2,1-3H3,(H,27,32). The van der Waals surface area contributed by atoms with Crippen LogP contribution in [0.2, 0.25) is 0 Å². The lowest BCUT2D eigenvalue weighted by atomic mass is 9.95. The van der Waals surface area contributed by atoms with Crippen LogP contribution < -0.4 is 10.1 Å². The van der Waals surface area contributed by atoms with Gasteiger partial charge in [0, 0.05) is 24.6 Å². The molecule has 2 aromatic carbocycles. The van der Waals surface area contributed by atoms with Gasteiger partial charge in [-0.25, -0.2) is 0 Å². The van der Waals surface area contributed by atoms with Crippen LogP contribution in [0.15, 0.2) is 48.5 Å². The van der Waals surface area contributed by atoms with E-state index in [9.17, 15) is 19.7 Å². The molecule has 0 spiro atoms. The number of piperidine rings is 1. The average Bonchev–Trinajstić information content (AvgIpc) is 3.16. The van der Waals surface area contributed by atoms with E-state index in [4.69, 9.17) is 4.74 Å². The molecule has 36 heavy (non-hydrogen) atoms. The predicted molar refractivity (Wildman–Crippen MR) is 134 cm³/mol. The van der Waals surface area contributed by atoms with Crippen LogP contribution in [0, 0.1) is 29.9 Å². The van der Waals surface area contributed by atoms with Crippen molar-refractivity contribution >= 4 is 23.2 Å². The van der Waals surface area contributed by atoms with Crippen LogP contribution in [0.3, 0.4) is 0 Å². The van der Waals surface area contributed by atoms with Crippen LogP contribution in [-0.4, -0.2) is 51.6 Å². The van der Waals surface area contributed by atoms with Crippen LogP contribution in [0.25, 0.3) is 0 Å². The second-order valence-corrected chi connectivity index (χ2v) is 8.89. The molecule has 4 rings (SSSR count). The van der Waals surface area contributed by atoms with Crippen molar-refractivity contribution in [1.82, 2.24) is 14.7 Å². The van der Waals surface area contributed by atoms with Crippen molar-refractivity contribution in [1.29, 1.82) is 0 Å². The molecule has 0 bridgehead atoms. The summed E-state index contributed by atoms with van der Waals surface area (Å²) in [6.07, 6.45) is 1.17. The Morgan fingerprint density at radius 2 is 1.78 bits per heavy atom. The molecule has 3 aromatic rings. The van der Waals surface area contributed by atoms with Crippen LogP contribution in [0.1, 0.15) is 40.2 Å². The van der Waals surface area contributed by atoms with Gasteiger partial charge in [0.15, 0.2) is 0 Å². The van der Waals surface area contributed by atoms with Gasteiger partial charge in [-0.05, 0) is 56.5 Å². The number of hydrogen-bond donors (Lipinski definition) is 1. The van der Waals surface area contributed by atoms with Crippen molar-refractivity contribution in [3.63, 3.8) is 0 Å². The lowest BCUT2D eigenvalue weighted by molar-refractivity contribution is -0.386. The molecule has 0 aliphatic carbocycles. The summed E-state index contributed by atoms with van der Waals surface area (Å²) in [4.78, 5) is 38.3. The zero-order chi connectivity index (χ0) is 25.8. The number of benzene rings is 2. The van der Waals surface area contributed by atoms with E-state index in [1.165, 1.54) is 0 Å². The average molecular weight is 492 g/mol. The summed E-state index contributed by atoms with van der Waals surface area (Å²) in [7, 11) is 1.56. The Morgan fingerprint density at radius 1 is 1.11 bits per heavy atom. The number of carbonyl (C=O) groups excluding carboxylic acids is 2. The number of nitro groups is 1. The van der Waals surface area contributed by atoms with E-state index in [1.807, 2.05) is 24.3 Å². The first kappa shape index (κ1) is 24.9. The molecular weight excluding hydrogens is 462 g/mol. The Morgan fingerprint density at radius 3 is 2.39 bits per heavy atom. The number of nitrogens with zero attached hydrogens (tertiary/aromatic N) is 4. The minimum atomic E-state index is -0.415. The fourth-order valence-corrected chi connectivity index (χ4v) is 4.54. The fraction of sp³-hybridized carbons (Fsp3) is 0.346. The van der Waals surface area contributed by atoms with Gasteiger partial charge in [0.2, 0.25) is 5.91 Å². The third-order valence-electron chi connectivity index (χ3n) is 6.58. The first-order valence-electron chi connectivity index (χ1n) is 11.8. The SMILES string of the molecule is COc1ccccc1NC(=O)C1CCN(C(=O)c2ccc(Cn3nc(C)c([N+](=O)[O-])c3C)cc2)CC1. The smallest absolute Gasteiger partial charge is 0.312 e. The molecule has 10 heteroatoms. The number of ether oxygens (including phenoxy) is 1. The maximum Gasteiger partial charge on any atom is 0.312 e. The number of para-hydroxylation sites is 2.